The van der Waals surface area contributed by atoms with Crippen LogP contribution in [0.4, 0.5) is 4.79 Å². The van der Waals surface area contributed by atoms with Gasteiger partial charge in [-0.1, -0.05) is 48.5 Å². The zero-order valence-corrected chi connectivity index (χ0v) is 19.4. The van der Waals surface area contributed by atoms with Gasteiger partial charge in [-0.3, -0.25) is 9.59 Å². The number of fused-ring (bicyclic) bond motifs is 3. The molecule has 0 aromatic heterocycles. The van der Waals surface area contributed by atoms with Gasteiger partial charge in [-0.15, -0.1) is 0 Å². The average molecular weight is 451 g/mol. The Bertz CT molecular complexity index is 1010. The molecule has 1 saturated heterocycles. The highest BCUT2D eigenvalue weighted by Crippen LogP contribution is 2.44. The molecule has 0 spiro atoms. The third kappa shape index (κ3) is 5.18. The number of esters is 1. The van der Waals surface area contributed by atoms with Crippen molar-refractivity contribution in [3.05, 3.63) is 59.7 Å². The Morgan fingerprint density at radius 1 is 0.848 bits per heavy atom. The molecule has 0 N–H and O–H groups in total. The Labute approximate surface area is 194 Å². The van der Waals surface area contributed by atoms with Crippen molar-refractivity contribution >= 4 is 18.0 Å². The number of carbonyl (C=O) groups is 3. The summed E-state index contributed by atoms with van der Waals surface area (Å²) in [7, 11) is 0. The molecule has 33 heavy (non-hydrogen) atoms. The Hall–Kier alpha value is -3.35. The summed E-state index contributed by atoms with van der Waals surface area (Å²) in [5, 5.41) is 0. The summed E-state index contributed by atoms with van der Waals surface area (Å²) < 4.78 is 10.9. The molecule has 0 saturated carbocycles. The zero-order chi connectivity index (χ0) is 23.6. The van der Waals surface area contributed by atoms with Crippen LogP contribution < -0.4 is 0 Å². The van der Waals surface area contributed by atoms with E-state index in [1.54, 1.807) is 9.80 Å². The van der Waals surface area contributed by atoms with Crippen molar-refractivity contribution in [2.45, 2.75) is 38.7 Å². The molecule has 0 atom stereocenters. The summed E-state index contributed by atoms with van der Waals surface area (Å²) in [6, 6.07) is 16.3. The molecule has 7 heteroatoms. The van der Waals surface area contributed by atoms with Gasteiger partial charge in [-0.2, -0.15) is 0 Å². The van der Waals surface area contributed by atoms with E-state index in [2.05, 4.69) is 24.3 Å². The second-order valence-corrected chi connectivity index (χ2v) is 9.44. The molecule has 0 unspecified atom stereocenters. The number of amides is 2. The van der Waals surface area contributed by atoms with E-state index in [4.69, 9.17) is 9.47 Å². The van der Waals surface area contributed by atoms with Gasteiger partial charge in [0.05, 0.1) is 0 Å². The van der Waals surface area contributed by atoms with E-state index in [9.17, 15) is 14.4 Å². The zero-order valence-electron chi connectivity index (χ0n) is 19.4. The SMILES string of the molecule is CC(C)(C)OC(=O)N1CCN(C(=O)CC(=O)OCC2c3ccccc3-c3ccccc32)CC1. The van der Waals surface area contributed by atoms with E-state index in [0.29, 0.717) is 26.2 Å². The highest BCUT2D eigenvalue weighted by atomic mass is 16.6. The molecule has 4 rings (SSSR count). The van der Waals surface area contributed by atoms with Gasteiger partial charge in [-0.05, 0) is 43.0 Å². The van der Waals surface area contributed by atoms with Crippen LogP contribution >= 0.6 is 0 Å². The largest absolute Gasteiger partial charge is 0.464 e. The van der Waals surface area contributed by atoms with Crippen LogP contribution in [0.3, 0.4) is 0 Å². The standard InChI is InChI=1S/C26H30N2O5/c1-26(2,3)33-25(31)28-14-12-27(13-15-28)23(29)16-24(30)32-17-22-20-10-6-4-8-18(20)19-9-5-7-11-21(19)22/h4-11,22H,12-17H2,1-3H3. The van der Waals surface area contributed by atoms with E-state index in [-0.39, 0.29) is 30.9 Å². The maximum absolute atomic E-state index is 12.6. The summed E-state index contributed by atoms with van der Waals surface area (Å²) >= 11 is 0. The number of carbonyl (C=O) groups excluding carboxylic acids is 3. The van der Waals surface area contributed by atoms with Gasteiger partial charge in [0.25, 0.3) is 0 Å². The maximum atomic E-state index is 12.6. The number of benzene rings is 2. The van der Waals surface area contributed by atoms with Crippen LogP contribution in [0.2, 0.25) is 0 Å². The molecule has 2 amide bonds. The fraction of sp³-hybridized carbons (Fsp3) is 0.423. The quantitative estimate of drug-likeness (QED) is 0.523. The summed E-state index contributed by atoms with van der Waals surface area (Å²) in [5.41, 5.74) is 4.03. The van der Waals surface area contributed by atoms with Gasteiger partial charge in [-0.25, -0.2) is 4.79 Å². The minimum atomic E-state index is -0.561. The maximum Gasteiger partial charge on any atom is 0.410 e. The normalized spacial score (nSPS) is 15.6. The molecule has 1 aliphatic heterocycles. The Kier molecular flexibility index (Phi) is 6.40. The van der Waals surface area contributed by atoms with Crippen molar-refractivity contribution in [1.82, 2.24) is 9.80 Å². The molecule has 1 fully saturated rings. The number of hydrogen-bond acceptors (Lipinski definition) is 5. The lowest BCUT2D eigenvalue weighted by Gasteiger charge is -2.35. The molecular weight excluding hydrogens is 420 g/mol. The number of ether oxygens (including phenoxy) is 2. The van der Waals surface area contributed by atoms with Gasteiger partial charge in [0.1, 0.15) is 18.6 Å². The van der Waals surface area contributed by atoms with Crippen molar-refractivity contribution in [2.75, 3.05) is 32.8 Å². The molecule has 2 aliphatic rings. The first-order valence-corrected chi connectivity index (χ1v) is 11.3. The summed E-state index contributed by atoms with van der Waals surface area (Å²) in [5.74, 6) is -0.846. The average Bonchev–Trinajstić information content (AvgIpc) is 3.10. The first-order valence-electron chi connectivity index (χ1n) is 11.3. The predicted molar refractivity (Wildman–Crippen MR) is 124 cm³/mol. The lowest BCUT2D eigenvalue weighted by atomic mass is 9.98. The van der Waals surface area contributed by atoms with Gasteiger partial charge in [0.2, 0.25) is 5.91 Å². The molecule has 174 valence electrons. The van der Waals surface area contributed by atoms with E-state index in [0.717, 1.165) is 22.3 Å². The second-order valence-electron chi connectivity index (χ2n) is 9.44. The van der Waals surface area contributed by atoms with Crippen LogP contribution in [0.25, 0.3) is 11.1 Å². The lowest BCUT2D eigenvalue weighted by Crippen LogP contribution is -2.51. The lowest BCUT2D eigenvalue weighted by molar-refractivity contribution is -0.149. The predicted octanol–water partition coefficient (Wildman–Crippen LogP) is 3.81. The number of piperazine rings is 1. The van der Waals surface area contributed by atoms with Crippen LogP contribution in [0.1, 0.15) is 44.2 Å². The number of nitrogens with zero attached hydrogens (tertiary/aromatic N) is 2. The molecule has 0 bridgehead atoms. The minimum absolute atomic E-state index is 0.0335. The number of rotatable bonds is 4. The van der Waals surface area contributed by atoms with Crippen molar-refractivity contribution in [3.63, 3.8) is 0 Å². The van der Waals surface area contributed by atoms with Crippen LogP contribution in [0.5, 0.6) is 0 Å². The van der Waals surface area contributed by atoms with Crippen molar-refractivity contribution in [2.24, 2.45) is 0 Å². The van der Waals surface area contributed by atoms with Crippen molar-refractivity contribution in [1.29, 1.82) is 0 Å². The third-order valence-electron chi connectivity index (χ3n) is 5.95. The minimum Gasteiger partial charge on any atom is -0.464 e. The molecule has 0 radical (unpaired) electrons. The van der Waals surface area contributed by atoms with E-state index < -0.39 is 11.6 Å². The monoisotopic (exact) mass is 450 g/mol. The molecule has 2 aromatic rings. The highest BCUT2D eigenvalue weighted by Gasteiger charge is 2.31. The second kappa shape index (κ2) is 9.25. The molecule has 1 aliphatic carbocycles. The summed E-state index contributed by atoms with van der Waals surface area (Å²) in [6.45, 7) is 7.16. The fourth-order valence-corrected chi connectivity index (χ4v) is 4.37. The van der Waals surface area contributed by atoms with Crippen molar-refractivity contribution < 1.29 is 23.9 Å². The summed E-state index contributed by atoms with van der Waals surface area (Å²) in [4.78, 5) is 40.4. The van der Waals surface area contributed by atoms with E-state index in [1.165, 1.54) is 0 Å². The topological polar surface area (TPSA) is 76.2 Å². The molecule has 1 heterocycles. The molecule has 2 aromatic carbocycles. The van der Waals surface area contributed by atoms with E-state index in [1.807, 2.05) is 45.0 Å². The smallest absolute Gasteiger partial charge is 0.410 e. The Balaban J connectivity index is 1.28. The van der Waals surface area contributed by atoms with Gasteiger partial charge >= 0.3 is 12.1 Å². The van der Waals surface area contributed by atoms with E-state index >= 15 is 0 Å². The Morgan fingerprint density at radius 2 is 1.36 bits per heavy atom. The number of hydrogen-bond donors (Lipinski definition) is 0. The molecule has 7 nitrogen and oxygen atoms in total. The van der Waals surface area contributed by atoms with Crippen LogP contribution in [-0.4, -0.2) is 66.2 Å². The first kappa shape index (κ1) is 22.8. The van der Waals surface area contributed by atoms with Gasteiger partial charge in [0.15, 0.2) is 0 Å². The van der Waals surface area contributed by atoms with Crippen LogP contribution in [-0.2, 0) is 19.1 Å². The Morgan fingerprint density at radius 3 is 1.91 bits per heavy atom. The third-order valence-corrected chi connectivity index (χ3v) is 5.95. The molecular formula is C26H30N2O5. The van der Waals surface area contributed by atoms with Crippen LogP contribution in [0, 0.1) is 0 Å². The first-order chi connectivity index (χ1) is 15.7. The highest BCUT2D eigenvalue weighted by molar-refractivity contribution is 5.94. The van der Waals surface area contributed by atoms with Gasteiger partial charge < -0.3 is 19.3 Å². The van der Waals surface area contributed by atoms with Gasteiger partial charge in [0, 0.05) is 32.1 Å². The fourth-order valence-electron chi connectivity index (χ4n) is 4.37. The van der Waals surface area contributed by atoms with Crippen LogP contribution in [0.15, 0.2) is 48.5 Å². The van der Waals surface area contributed by atoms with Crippen molar-refractivity contribution in [3.8, 4) is 11.1 Å². The summed E-state index contributed by atoms with van der Waals surface area (Å²) in [6.07, 6.45) is -0.686.